The molecule has 1 aliphatic carbocycles. The molecule has 1 unspecified atom stereocenters. The molecule has 0 spiro atoms. The monoisotopic (exact) mass is 463 g/mol. The molecule has 7 nitrogen and oxygen atoms in total. The summed E-state index contributed by atoms with van der Waals surface area (Å²) < 4.78 is 16.9. The van der Waals surface area contributed by atoms with Gasteiger partial charge in [-0.2, -0.15) is 0 Å². The smallest absolute Gasteiger partial charge is 0.247 e. The lowest BCUT2D eigenvalue weighted by molar-refractivity contribution is -0.111. The van der Waals surface area contributed by atoms with E-state index < -0.39 is 0 Å². The molecular formula is C24H37N3O4S. The fourth-order valence-electron chi connectivity index (χ4n) is 4.16. The Bertz CT molecular complexity index is 807. The summed E-state index contributed by atoms with van der Waals surface area (Å²) in [6.45, 7) is 7.85. The largest absolute Gasteiger partial charge is 0.493 e. The molecule has 0 radical (unpaired) electrons. The van der Waals surface area contributed by atoms with Gasteiger partial charge in [-0.25, -0.2) is 0 Å². The SMILES string of the molecule is C=CC(=O)Nc1cc(OC)c(OC)c(OC)c1C(CC(C)C)NC(=S)NC1CCCCC1. The van der Waals surface area contributed by atoms with Gasteiger partial charge in [-0.15, -0.1) is 0 Å². The topological polar surface area (TPSA) is 80.9 Å². The number of hydrogen-bond acceptors (Lipinski definition) is 5. The molecule has 1 amide bonds. The molecule has 0 aliphatic heterocycles. The molecule has 32 heavy (non-hydrogen) atoms. The summed E-state index contributed by atoms with van der Waals surface area (Å²) >= 11 is 5.68. The van der Waals surface area contributed by atoms with Crippen LogP contribution in [0.3, 0.4) is 0 Å². The Morgan fingerprint density at radius 1 is 1.16 bits per heavy atom. The lowest BCUT2D eigenvalue weighted by Crippen LogP contribution is -2.44. The zero-order chi connectivity index (χ0) is 23.7. The van der Waals surface area contributed by atoms with Crippen LogP contribution in [0, 0.1) is 5.92 Å². The van der Waals surface area contributed by atoms with Crippen LogP contribution >= 0.6 is 12.2 Å². The highest BCUT2D eigenvalue weighted by Crippen LogP contribution is 2.47. The molecule has 8 heteroatoms. The van der Waals surface area contributed by atoms with Gasteiger partial charge in [0.05, 0.1) is 33.1 Å². The predicted molar refractivity (Wildman–Crippen MR) is 133 cm³/mol. The zero-order valence-electron chi connectivity index (χ0n) is 19.9. The van der Waals surface area contributed by atoms with Gasteiger partial charge in [0.15, 0.2) is 16.6 Å². The van der Waals surface area contributed by atoms with Gasteiger partial charge >= 0.3 is 0 Å². The van der Waals surface area contributed by atoms with E-state index in [-0.39, 0.29) is 11.9 Å². The zero-order valence-corrected chi connectivity index (χ0v) is 20.7. The van der Waals surface area contributed by atoms with Gasteiger partial charge in [0.2, 0.25) is 11.7 Å². The standard InChI is InChI=1S/C24H37N3O4S/c1-7-20(28)26-18-14-19(29-4)22(30-5)23(31-6)21(18)17(13-15(2)3)27-24(32)25-16-11-9-8-10-12-16/h7,14-17H,1,8-13H2,2-6H3,(H,26,28)(H2,25,27,32). The first-order valence-corrected chi connectivity index (χ1v) is 11.6. The number of ether oxygens (including phenoxy) is 3. The van der Waals surface area contributed by atoms with Crippen molar-refractivity contribution in [1.82, 2.24) is 10.6 Å². The van der Waals surface area contributed by atoms with Crippen molar-refractivity contribution >= 4 is 28.9 Å². The van der Waals surface area contributed by atoms with Crippen LogP contribution in [0.4, 0.5) is 5.69 Å². The molecule has 1 saturated carbocycles. The maximum atomic E-state index is 12.2. The summed E-state index contributed by atoms with van der Waals surface area (Å²) in [5.41, 5.74) is 1.31. The number of nitrogens with one attached hydrogen (secondary N) is 3. The second kappa shape index (κ2) is 12.5. The van der Waals surface area contributed by atoms with Gasteiger partial charge in [0.25, 0.3) is 0 Å². The molecule has 0 saturated heterocycles. The molecule has 3 N–H and O–H groups in total. The highest BCUT2D eigenvalue weighted by atomic mass is 32.1. The van der Waals surface area contributed by atoms with E-state index >= 15 is 0 Å². The molecule has 0 aromatic heterocycles. The van der Waals surface area contributed by atoms with Crippen LogP contribution in [0.1, 0.15) is 64.0 Å². The maximum absolute atomic E-state index is 12.2. The van der Waals surface area contributed by atoms with Crippen LogP contribution < -0.4 is 30.2 Å². The summed E-state index contributed by atoms with van der Waals surface area (Å²) in [5, 5.41) is 10.4. The first-order chi connectivity index (χ1) is 15.3. The molecule has 1 aliphatic rings. The van der Waals surface area contributed by atoms with Gasteiger partial charge in [-0.05, 0) is 43.5 Å². The van der Waals surface area contributed by atoms with Gasteiger partial charge in [0, 0.05) is 17.7 Å². The number of thiocarbonyl (C=S) groups is 1. The third kappa shape index (κ3) is 6.76. The highest BCUT2D eigenvalue weighted by molar-refractivity contribution is 7.80. The van der Waals surface area contributed by atoms with E-state index in [1.807, 2.05) is 0 Å². The van der Waals surface area contributed by atoms with Crippen LogP contribution in [0.2, 0.25) is 0 Å². The van der Waals surface area contributed by atoms with E-state index in [2.05, 4.69) is 36.4 Å². The minimum Gasteiger partial charge on any atom is -0.493 e. The number of rotatable bonds is 10. The fourth-order valence-corrected chi connectivity index (χ4v) is 4.47. The van der Waals surface area contributed by atoms with Gasteiger partial charge in [0.1, 0.15) is 0 Å². The Morgan fingerprint density at radius 3 is 2.34 bits per heavy atom. The Balaban J connectivity index is 2.49. The Hall–Kier alpha value is -2.48. The van der Waals surface area contributed by atoms with Crippen molar-refractivity contribution in [3.05, 3.63) is 24.3 Å². The van der Waals surface area contributed by atoms with Crippen molar-refractivity contribution < 1.29 is 19.0 Å². The molecular weight excluding hydrogens is 426 g/mol. The van der Waals surface area contributed by atoms with Crippen molar-refractivity contribution in [1.29, 1.82) is 0 Å². The molecule has 1 aromatic rings. The first-order valence-electron chi connectivity index (χ1n) is 11.2. The van der Waals surface area contributed by atoms with Crippen molar-refractivity contribution in [3.63, 3.8) is 0 Å². The van der Waals surface area contributed by atoms with E-state index in [1.165, 1.54) is 25.3 Å². The molecule has 2 rings (SSSR count). The number of amides is 1. The third-order valence-electron chi connectivity index (χ3n) is 5.61. The van der Waals surface area contributed by atoms with Crippen LogP contribution in [-0.4, -0.2) is 38.4 Å². The van der Waals surface area contributed by atoms with Crippen molar-refractivity contribution in [2.24, 2.45) is 5.92 Å². The van der Waals surface area contributed by atoms with E-state index in [0.717, 1.165) is 24.8 Å². The van der Waals surface area contributed by atoms with Crippen LogP contribution in [0.15, 0.2) is 18.7 Å². The molecule has 1 atom stereocenters. The lowest BCUT2D eigenvalue weighted by atomic mass is 9.93. The molecule has 0 heterocycles. The maximum Gasteiger partial charge on any atom is 0.247 e. The van der Waals surface area contributed by atoms with Crippen LogP contribution in [-0.2, 0) is 4.79 Å². The number of carbonyl (C=O) groups is 1. The van der Waals surface area contributed by atoms with E-state index in [1.54, 1.807) is 27.4 Å². The van der Waals surface area contributed by atoms with Gasteiger partial charge in [-0.1, -0.05) is 39.7 Å². The predicted octanol–water partition coefficient (Wildman–Crippen LogP) is 4.72. The number of methoxy groups -OCH3 is 3. The molecule has 0 bridgehead atoms. The van der Waals surface area contributed by atoms with E-state index in [0.29, 0.717) is 40.0 Å². The average molecular weight is 464 g/mol. The number of carbonyl (C=O) groups excluding carboxylic acids is 1. The number of hydrogen-bond donors (Lipinski definition) is 3. The van der Waals surface area contributed by atoms with Gasteiger partial charge < -0.3 is 30.2 Å². The Kier molecular flexibility index (Phi) is 10.1. The average Bonchev–Trinajstić information content (AvgIpc) is 2.77. The number of anilines is 1. The van der Waals surface area contributed by atoms with Gasteiger partial charge in [-0.3, -0.25) is 4.79 Å². The quantitative estimate of drug-likeness (QED) is 0.342. The van der Waals surface area contributed by atoms with E-state index in [9.17, 15) is 4.79 Å². The van der Waals surface area contributed by atoms with Crippen molar-refractivity contribution in [2.45, 2.75) is 64.5 Å². The highest BCUT2D eigenvalue weighted by Gasteiger charge is 2.29. The summed E-state index contributed by atoms with van der Waals surface area (Å²) in [7, 11) is 4.68. The summed E-state index contributed by atoms with van der Waals surface area (Å²) in [6.07, 6.45) is 7.95. The minimum absolute atomic E-state index is 0.228. The third-order valence-corrected chi connectivity index (χ3v) is 5.85. The second-order valence-electron chi connectivity index (χ2n) is 8.43. The molecule has 178 valence electrons. The summed E-state index contributed by atoms with van der Waals surface area (Å²) in [5.74, 6) is 1.43. The number of benzene rings is 1. The fraction of sp³-hybridized carbons (Fsp3) is 0.583. The lowest BCUT2D eigenvalue weighted by Gasteiger charge is -2.30. The summed E-state index contributed by atoms with van der Waals surface area (Å²) in [4.78, 5) is 12.2. The molecule has 1 aromatic carbocycles. The van der Waals surface area contributed by atoms with Crippen LogP contribution in [0.5, 0.6) is 17.2 Å². The van der Waals surface area contributed by atoms with Crippen molar-refractivity contribution in [3.8, 4) is 17.2 Å². The summed E-state index contributed by atoms with van der Waals surface area (Å²) in [6, 6.07) is 1.90. The van der Waals surface area contributed by atoms with E-state index in [4.69, 9.17) is 26.4 Å². The first kappa shape index (κ1) is 25.8. The normalized spacial score (nSPS) is 14.9. The molecule has 1 fully saturated rings. The Morgan fingerprint density at radius 2 is 1.81 bits per heavy atom. The van der Waals surface area contributed by atoms with Crippen molar-refractivity contribution in [2.75, 3.05) is 26.6 Å². The minimum atomic E-state index is -0.327. The Labute approximate surface area is 197 Å². The van der Waals surface area contributed by atoms with Crippen LogP contribution in [0.25, 0.3) is 0 Å². The second-order valence-corrected chi connectivity index (χ2v) is 8.84.